The topological polar surface area (TPSA) is 90.1 Å². The summed E-state index contributed by atoms with van der Waals surface area (Å²) in [5, 5.41) is 0. The second-order valence-corrected chi connectivity index (χ2v) is 4.42. The molecule has 0 aliphatic carbocycles. The zero-order valence-corrected chi connectivity index (χ0v) is 11.1. The predicted molar refractivity (Wildman–Crippen MR) is 70.0 cm³/mol. The van der Waals surface area contributed by atoms with Crippen LogP contribution in [-0.2, 0) is 10.9 Å². The van der Waals surface area contributed by atoms with Crippen molar-refractivity contribution in [2.24, 2.45) is 0 Å². The van der Waals surface area contributed by atoms with Crippen LogP contribution in [0.2, 0.25) is 0 Å². The van der Waals surface area contributed by atoms with E-state index in [-0.39, 0.29) is 11.0 Å². The van der Waals surface area contributed by atoms with Gasteiger partial charge in [0.1, 0.15) is 6.23 Å². The third kappa shape index (κ3) is 2.51. The molecule has 0 radical (unpaired) electrons. The number of rotatable bonds is 2. The Labute approximate surface area is 115 Å². The fraction of sp³-hybridized carbons (Fsp3) is 0.333. The number of aromatic amines is 1. The normalized spacial score (nSPS) is 13.6. The highest BCUT2D eigenvalue weighted by atomic mass is 19.4. The number of alkyl halides is 3. The lowest BCUT2D eigenvalue weighted by molar-refractivity contribution is -0.136. The molecule has 114 valence electrons. The fourth-order valence-corrected chi connectivity index (χ4v) is 2.01. The molecule has 6 nitrogen and oxygen atoms in total. The van der Waals surface area contributed by atoms with Crippen LogP contribution in [0.25, 0.3) is 11.0 Å². The number of nitrogens with zero attached hydrogens (tertiary/aromatic N) is 1. The zero-order valence-electron chi connectivity index (χ0n) is 11.1. The second-order valence-electron chi connectivity index (χ2n) is 4.42. The van der Waals surface area contributed by atoms with Gasteiger partial charge in [-0.1, -0.05) is 0 Å². The summed E-state index contributed by atoms with van der Waals surface area (Å²) < 4.78 is 44.4. The highest BCUT2D eigenvalue weighted by Crippen LogP contribution is 2.35. The number of aromatic nitrogens is 2. The third-order valence-corrected chi connectivity index (χ3v) is 3.10. The summed E-state index contributed by atoms with van der Waals surface area (Å²) in [7, 11) is 1.30. The lowest BCUT2D eigenvalue weighted by Gasteiger charge is -2.17. The first-order valence-corrected chi connectivity index (χ1v) is 5.85. The Bertz CT molecular complexity index is 807. The van der Waals surface area contributed by atoms with Crippen LogP contribution < -0.4 is 16.9 Å². The first-order valence-electron chi connectivity index (χ1n) is 5.85. The molecule has 2 aromatic rings. The molecule has 1 unspecified atom stereocenters. The van der Waals surface area contributed by atoms with Crippen LogP contribution in [0, 0.1) is 0 Å². The SMILES string of the molecule is COC(C)n1c(=O)c(=O)[nH]c2cc(C(F)(F)F)c(N)cc21. The molecule has 21 heavy (non-hydrogen) atoms. The number of nitrogen functional groups attached to an aromatic ring is 1. The summed E-state index contributed by atoms with van der Waals surface area (Å²) in [6.45, 7) is 1.48. The van der Waals surface area contributed by atoms with E-state index in [4.69, 9.17) is 10.5 Å². The minimum Gasteiger partial charge on any atom is -0.398 e. The van der Waals surface area contributed by atoms with Crippen molar-refractivity contribution in [3.05, 3.63) is 38.4 Å². The molecule has 0 aliphatic rings. The number of nitrogens with two attached hydrogens (primary N) is 1. The number of nitrogens with one attached hydrogen (secondary N) is 1. The number of halogens is 3. The molecule has 0 saturated carbocycles. The number of anilines is 1. The zero-order chi connectivity index (χ0) is 15.9. The molecule has 1 aromatic carbocycles. The second kappa shape index (κ2) is 4.92. The summed E-state index contributed by atoms with van der Waals surface area (Å²) in [4.78, 5) is 25.5. The van der Waals surface area contributed by atoms with E-state index in [1.165, 1.54) is 14.0 Å². The Morgan fingerprint density at radius 1 is 1.33 bits per heavy atom. The van der Waals surface area contributed by atoms with Gasteiger partial charge < -0.3 is 15.5 Å². The lowest BCUT2D eigenvalue weighted by Crippen LogP contribution is -2.38. The van der Waals surface area contributed by atoms with Crippen LogP contribution in [0.4, 0.5) is 18.9 Å². The van der Waals surface area contributed by atoms with Crippen LogP contribution in [-0.4, -0.2) is 16.7 Å². The summed E-state index contributed by atoms with van der Waals surface area (Å²) in [6.07, 6.45) is -5.50. The average molecular weight is 303 g/mol. The third-order valence-electron chi connectivity index (χ3n) is 3.10. The summed E-state index contributed by atoms with van der Waals surface area (Å²) in [6, 6.07) is 1.69. The molecule has 0 spiro atoms. The number of fused-ring (bicyclic) bond motifs is 1. The standard InChI is InChI=1S/C12H12F3N3O3/c1-5(21-2)18-9-4-7(16)6(12(13,14)15)3-8(9)17-10(19)11(18)20/h3-5H,16H2,1-2H3,(H,17,19). The van der Waals surface area contributed by atoms with Gasteiger partial charge >= 0.3 is 17.3 Å². The van der Waals surface area contributed by atoms with Crippen molar-refractivity contribution >= 4 is 16.7 Å². The average Bonchev–Trinajstić information content (AvgIpc) is 2.38. The number of ether oxygens (including phenoxy) is 1. The molecule has 0 amide bonds. The lowest BCUT2D eigenvalue weighted by atomic mass is 10.1. The smallest absolute Gasteiger partial charge is 0.398 e. The van der Waals surface area contributed by atoms with E-state index in [2.05, 4.69) is 4.98 Å². The van der Waals surface area contributed by atoms with E-state index in [1.54, 1.807) is 0 Å². The first-order chi connectivity index (χ1) is 9.66. The van der Waals surface area contributed by atoms with Crippen molar-refractivity contribution < 1.29 is 17.9 Å². The van der Waals surface area contributed by atoms with Crippen molar-refractivity contribution in [3.63, 3.8) is 0 Å². The number of benzene rings is 1. The highest BCUT2D eigenvalue weighted by molar-refractivity contribution is 5.80. The van der Waals surface area contributed by atoms with Crippen LogP contribution in [0.3, 0.4) is 0 Å². The largest absolute Gasteiger partial charge is 0.418 e. The maximum atomic E-state index is 12.8. The summed E-state index contributed by atoms with van der Waals surface area (Å²) >= 11 is 0. The molecule has 3 N–H and O–H groups in total. The molecule has 1 atom stereocenters. The fourth-order valence-electron chi connectivity index (χ4n) is 2.01. The van der Waals surface area contributed by atoms with Crippen molar-refractivity contribution in [1.82, 2.24) is 9.55 Å². The van der Waals surface area contributed by atoms with Gasteiger partial charge in [0.15, 0.2) is 0 Å². The molecule has 2 rings (SSSR count). The highest BCUT2D eigenvalue weighted by Gasteiger charge is 2.33. The number of hydrogen-bond acceptors (Lipinski definition) is 4. The van der Waals surface area contributed by atoms with Gasteiger partial charge in [0.2, 0.25) is 0 Å². The van der Waals surface area contributed by atoms with Crippen LogP contribution in [0.1, 0.15) is 18.7 Å². The maximum absolute atomic E-state index is 12.8. The van der Waals surface area contributed by atoms with Crippen molar-refractivity contribution in [2.75, 3.05) is 12.8 Å². The molecule has 0 aliphatic heterocycles. The van der Waals surface area contributed by atoms with Gasteiger partial charge in [0.05, 0.1) is 16.6 Å². The molecule has 9 heteroatoms. The van der Waals surface area contributed by atoms with E-state index in [0.29, 0.717) is 6.07 Å². The molecule has 0 bridgehead atoms. The van der Waals surface area contributed by atoms with Gasteiger partial charge in [-0.25, -0.2) is 0 Å². The van der Waals surface area contributed by atoms with Gasteiger partial charge in [-0.3, -0.25) is 14.2 Å². The van der Waals surface area contributed by atoms with Gasteiger partial charge in [-0.05, 0) is 19.1 Å². The molecular weight excluding hydrogens is 291 g/mol. The minimum absolute atomic E-state index is 0.0550. The van der Waals surface area contributed by atoms with E-state index >= 15 is 0 Å². The van der Waals surface area contributed by atoms with Crippen molar-refractivity contribution in [1.29, 1.82) is 0 Å². The van der Waals surface area contributed by atoms with Crippen molar-refractivity contribution in [3.8, 4) is 0 Å². The van der Waals surface area contributed by atoms with E-state index in [9.17, 15) is 22.8 Å². The van der Waals surface area contributed by atoms with E-state index in [0.717, 1.165) is 10.6 Å². The first kappa shape index (κ1) is 15.1. The Kier molecular flexibility index (Phi) is 3.54. The minimum atomic E-state index is -4.66. The monoisotopic (exact) mass is 303 g/mol. The van der Waals surface area contributed by atoms with Crippen LogP contribution in [0.5, 0.6) is 0 Å². The molecule has 0 saturated heterocycles. The number of hydrogen-bond donors (Lipinski definition) is 2. The number of methoxy groups -OCH3 is 1. The number of H-pyrrole nitrogens is 1. The van der Waals surface area contributed by atoms with Gasteiger partial charge in [-0.15, -0.1) is 0 Å². The Morgan fingerprint density at radius 3 is 2.48 bits per heavy atom. The summed E-state index contributed by atoms with van der Waals surface area (Å²) in [5.74, 6) is 0. The van der Waals surface area contributed by atoms with E-state index in [1.807, 2.05) is 0 Å². The van der Waals surface area contributed by atoms with Crippen LogP contribution >= 0.6 is 0 Å². The van der Waals surface area contributed by atoms with Crippen molar-refractivity contribution in [2.45, 2.75) is 19.3 Å². The summed E-state index contributed by atoms with van der Waals surface area (Å²) in [5.41, 5.74) is 1.71. The maximum Gasteiger partial charge on any atom is 0.418 e. The van der Waals surface area contributed by atoms with E-state index < -0.39 is 34.8 Å². The Balaban J connectivity index is 2.93. The van der Waals surface area contributed by atoms with Gasteiger partial charge in [0.25, 0.3) is 0 Å². The Morgan fingerprint density at radius 2 is 1.95 bits per heavy atom. The molecular formula is C12H12F3N3O3. The molecule has 1 aromatic heterocycles. The Hall–Kier alpha value is -2.29. The quantitative estimate of drug-likeness (QED) is 0.649. The molecule has 1 heterocycles. The molecule has 0 fully saturated rings. The predicted octanol–water partition coefficient (Wildman–Crippen LogP) is 1.46. The van der Waals surface area contributed by atoms with Gasteiger partial charge in [-0.2, -0.15) is 13.2 Å². The van der Waals surface area contributed by atoms with Gasteiger partial charge in [0, 0.05) is 12.8 Å². The van der Waals surface area contributed by atoms with Crippen LogP contribution in [0.15, 0.2) is 21.7 Å².